The minimum atomic E-state index is -0.674. The molecule has 176 valence electrons. The van der Waals surface area contributed by atoms with Crippen LogP contribution in [0.5, 0.6) is 11.5 Å². The number of likely N-dealkylation sites (tertiary alicyclic amines) is 1. The Kier molecular flexibility index (Phi) is 7.48. The van der Waals surface area contributed by atoms with E-state index in [0.29, 0.717) is 49.5 Å². The average Bonchev–Trinajstić information content (AvgIpc) is 3.22. The van der Waals surface area contributed by atoms with E-state index in [0.717, 1.165) is 6.42 Å². The van der Waals surface area contributed by atoms with E-state index in [1.165, 1.54) is 0 Å². The summed E-state index contributed by atoms with van der Waals surface area (Å²) in [5.41, 5.74) is 0.0966. The first-order valence-corrected chi connectivity index (χ1v) is 11.2. The molecular weight excluding hydrogens is 412 g/mol. The summed E-state index contributed by atoms with van der Waals surface area (Å²) in [4.78, 5) is 40.1. The van der Waals surface area contributed by atoms with Crippen LogP contribution in [0, 0.1) is 5.92 Å². The zero-order valence-corrected chi connectivity index (χ0v) is 19.3. The summed E-state index contributed by atoms with van der Waals surface area (Å²) in [5, 5.41) is 8.79. The van der Waals surface area contributed by atoms with E-state index in [9.17, 15) is 14.4 Å². The van der Waals surface area contributed by atoms with Crippen molar-refractivity contribution in [2.45, 2.75) is 58.5 Å². The number of rotatable bonds is 6. The van der Waals surface area contributed by atoms with Gasteiger partial charge in [-0.15, -0.1) is 0 Å². The smallest absolute Gasteiger partial charge is 0.317 e. The number of carbonyl (C=O) groups excluding carboxylic acids is 3. The van der Waals surface area contributed by atoms with E-state index in [-0.39, 0.29) is 36.1 Å². The van der Waals surface area contributed by atoms with Gasteiger partial charge in [0.2, 0.25) is 12.7 Å². The largest absolute Gasteiger partial charge is 0.454 e. The number of benzene rings is 1. The van der Waals surface area contributed by atoms with Crippen molar-refractivity contribution in [1.29, 1.82) is 0 Å². The normalized spacial score (nSPS) is 16.9. The quantitative estimate of drug-likeness (QED) is 0.621. The molecule has 3 N–H and O–H groups in total. The highest BCUT2D eigenvalue weighted by Gasteiger charge is 2.34. The molecule has 0 aliphatic carbocycles. The molecule has 0 bridgehead atoms. The molecule has 0 spiro atoms. The van der Waals surface area contributed by atoms with Gasteiger partial charge in [0.1, 0.15) is 6.04 Å². The molecule has 0 saturated carbocycles. The Bertz CT molecular complexity index is 843. The third-order valence-corrected chi connectivity index (χ3v) is 5.53. The lowest BCUT2D eigenvalue weighted by molar-refractivity contribution is -0.124. The standard InChI is InChI=1S/C23H34N4O5/c1-5-10-24-21(29)19(15-8-11-27(12-9-15)22(30)26-23(2,3)4)25-20(28)16-6-7-17-18(13-16)32-14-31-17/h6-7,13,15,19H,5,8-12,14H2,1-4H3,(H,24,29)(H,25,28)(H,26,30)/t19-/m1/s1. The monoisotopic (exact) mass is 446 g/mol. The maximum atomic E-state index is 12.9. The molecule has 0 aromatic heterocycles. The van der Waals surface area contributed by atoms with Crippen LogP contribution in [-0.4, -0.2) is 60.8 Å². The van der Waals surface area contributed by atoms with Gasteiger partial charge in [-0.1, -0.05) is 6.92 Å². The number of piperidine rings is 1. The number of urea groups is 1. The van der Waals surface area contributed by atoms with Crippen LogP contribution in [0.1, 0.15) is 57.3 Å². The number of amides is 4. The molecule has 2 aliphatic rings. The summed E-state index contributed by atoms with van der Waals surface area (Å²) < 4.78 is 10.7. The van der Waals surface area contributed by atoms with Crippen molar-refractivity contribution < 1.29 is 23.9 Å². The number of nitrogens with one attached hydrogen (secondary N) is 3. The van der Waals surface area contributed by atoms with Crippen LogP contribution in [0.25, 0.3) is 0 Å². The topological polar surface area (TPSA) is 109 Å². The van der Waals surface area contributed by atoms with E-state index < -0.39 is 6.04 Å². The molecule has 2 heterocycles. The molecule has 4 amide bonds. The highest BCUT2D eigenvalue weighted by atomic mass is 16.7. The lowest BCUT2D eigenvalue weighted by Crippen LogP contribution is -2.55. The van der Waals surface area contributed by atoms with Crippen molar-refractivity contribution in [3.05, 3.63) is 23.8 Å². The fraction of sp³-hybridized carbons (Fsp3) is 0.609. The average molecular weight is 447 g/mol. The Morgan fingerprint density at radius 1 is 1.12 bits per heavy atom. The van der Waals surface area contributed by atoms with Crippen LogP contribution in [0.4, 0.5) is 4.79 Å². The third-order valence-electron chi connectivity index (χ3n) is 5.53. The first kappa shape index (κ1) is 23.7. The van der Waals surface area contributed by atoms with Crippen LogP contribution < -0.4 is 25.4 Å². The highest BCUT2D eigenvalue weighted by molar-refractivity contribution is 5.98. The number of hydrogen-bond acceptors (Lipinski definition) is 5. The predicted molar refractivity (Wildman–Crippen MR) is 120 cm³/mol. The van der Waals surface area contributed by atoms with Crippen LogP contribution in [0.15, 0.2) is 18.2 Å². The van der Waals surface area contributed by atoms with Gasteiger partial charge >= 0.3 is 6.03 Å². The molecule has 9 nitrogen and oxygen atoms in total. The van der Waals surface area contributed by atoms with Crippen molar-refractivity contribution >= 4 is 17.8 Å². The minimum absolute atomic E-state index is 0.0662. The first-order chi connectivity index (χ1) is 15.2. The third kappa shape index (κ3) is 6.05. The maximum absolute atomic E-state index is 12.9. The molecule has 1 aromatic carbocycles. The number of fused-ring (bicyclic) bond motifs is 1. The second-order valence-electron chi connectivity index (χ2n) is 9.31. The van der Waals surface area contributed by atoms with Crippen molar-refractivity contribution in [3.63, 3.8) is 0 Å². The Hall–Kier alpha value is -2.97. The van der Waals surface area contributed by atoms with Gasteiger partial charge in [0, 0.05) is 30.7 Å². The summed E-state index contributed by atoms with van der Waals surface area (Å²) in [5.74, 6) is 0.511. The fourth-order valence-electron chi connectivity index (χ4n) is 3.85. The highest BCUT2D eigenvalue weighted by Crippen LogP contribution is 2.32. The molecule has 9 heteroatoms. The van der Waals surface area contributed by atoms with E-state index in [2.05, 4.69) is 16.0 Å². The lowest BCUT2D eigenvalue weighted by atomic mass is 9.88. The molecule has 2 aliphatic heterocycles. The van der Waals surface area contributed by atoms with Gasteiger partial charge in [0.25, 0.3) is 5.91 Å². The van der Waals surface area contributed by atoms with Gasteiger partial charge in [0.05, 0.1) is 0 Å². The van der Waals surface area contributed by atoms with E-state index in [4.69, 9.17) is 9.47 Å². The second kappa shape index (κ2) is 10.1. The van der Waals surface area contributed by atoms with Crippen LogP contribution in [0.3, 0.4) is 0 Å². The Balaban J connectivity index is 1.66. The molecule has 1 fully saturated rings. The predicted octanol–water partition coefficient (Wildman–Crippen LogP) is 2.26. The van der Waals surface area contributed by atoms with Gasteiger partial charge in [0.15, 0.2) is 11.5 Å². The Labute approximate surface area is 189 Å². The zero-order chi connectivity index (χ0) is 23.3. The van der Waals surface area contributed by atoms with Gasteiger partial charge in [-0.25, -0.2) is 4.79 Å². The molecule has 0 radical (unpaired) electrons. The molecule has 1 saturated heterocycles. The summed E-state index contributed by atoms with van der Waals surface area (Å²) >= 11 is 0. The SMILES string of the molecule is CCCNC(=O)[C@H](NC(=O)c1ccc2c(c1)OCO2)C1CCN(C(=O)NC(C)(C)C)CC1. The number of carbonyl (C=O) groups is 3. The van der Waals surface area contributed by atoms with Gasteiger partial charge in [-0.2, -0.15) is 0 Å². The van der Waals surface area contributed by atoms with Crippen molar-refractivity contribution in [3.8, 4) is 11.5 Å². The number of hydrogen-bond donors (Lipinski definition) is 3. The molecule has 3 rings (SSSR count). The van der Waals surface area contributed by atoms with Crippen LogP contribution >= 0.6 is 0 Å². The Morgan fingerprint density at radius 2 is 1.81 bits per heavy atom. The maximum Gasteiger partial charge on any atom is 0.317 e. The minimum Gasteiger partial charge on any atom is -0.454 e. The van der Waals surface area contributed by atoms with Crippen molar-refractivity contribution in [2.24, 2.45) is 5.92 Å². The van der Waals surface area contributed by atoms with E-state index in [1.807, 2.05) is 27.7 Å². The summed E-state index contributed by atoms with van der Waals surface area (Å²) in [6, 6.07) is 4.19. The van der Waals surface area contributed by atoms with E-state index in [1.54, 1.807) is 23.1 Å². The molecular formula is C23H34N4O5. The first-order valence-electron chi connectivity index (χ1n) is 11.2. The van der Waals surface area contributed by atoms with E-state index >= 15 is 0 Å². The lowest BCUT2D eigenvalue weighted by Gasteiger charge is -2.37. The second-order valence-corrected chi connectivity index (χ2v) is 9.31. The van der Waals surface area contributed by atoms with Crippen molar-refractivity contribution in [1.82, 2.24) is 20.9 Å². The summed E-state index contributed by atoms with van der Waals surface area (Å²) in [7, 11) is 0. The molecule has 1 atom stereocenters. The Morgan fingerprint density at radius 3 is 2.47 bits per heavy atom. The molecule has 32 heavy (non-hydrogen) atoms. The number of nitrogens with zero attached hydrogens (tertiary/aromatic N) is 1. The van der Waals surface area contributed by atoms with Crippen LogP contribution in [-0.2, 0) is 4.79 Å². The zero-order valence-electron chi connectivity index (χ0n) is 19.3. The van der Waals surface area contributed by atoms with Gasteiger partial charge < -0.3 is 30.3 Å². The summed E-state index contributed by atoms with van der Waals surface area (Å²) in [6.07, 6.45) is 2.06. The molecule has 1 aromatic rings. The van der Waals surface area contributed by atoms with Crippen molar-refractivity contribution in [2.75, 3.05) is 26.4 Å². The van der Waals surface area contributed by atoms with Crippen LogP contribution in [0.2, 0.25) is 0 Å². The fourth-order valence-corrected chi connectivity index (χ4v) is 3.85. The van der Waals surface area contributed by atoms with Gasteiger partial charge in [-0.3, -0.25) is 9.59 Å². The molecule has 0 unspecified atom stereocenters. The number of ether oxygens (including phenoxy) is 2. The van der Waals surface area contributed by atoms with Gasteiger partial charge in [-0.05, 0) is 64.2 Å². The summed E-state index contributed by atoms with van der Waals surface area (Å²) in [6.45, 7) is 9.54.